The zero-order valence-corrected chi connectivity index (χ0v) is 12.3. The number of nitrogens with one attached hydrogen (secondary N) is 1. The second kappa shape index (κ2) is 8.15. The van der Waals surface area contributed by atoms with Crippen molar-refractivity contribution in [2.75, 3.05) is 13.2 Å². The van der Waals surface area contributed by atoms with Crippen molar-refractivity contribution in [3.8, 4) is 5.75 Å². The van der Waals surface area contributed by atoms with Gasteiger partial charge in [0, 0.05) is 6.04 Å². The normalized spacial score (nSPS) is 12.4. The molecule has 1 unspecified atom stereocenters. The summed E-state index contributed by atoms with van der Waals surface area (Å²) in [5.41, 5.74) is 2.45. The second-order valence-corrected chi connectivity index (χ2v) is 4.97. The summed E-state index contributed by atoms with van der Waals surface area (Å²) in [4.78, 5) is 0. The van der Waals surface area contributed by atoms with Crippen LogP contribution in [0.15, 0.2) is 18.2 Å². The highest BCUT2D eigenvalue weighted by molar-refractivity contribution is 5.39. The van der Waals surface area contributed by atoms with Gasteiger partial charge in [0.2, 0.25) is 0 Å². The van der Waals surface area contributed by atoms with Crippen molar-refractivity contribution in [2.45, 2.75) is 53.0 Å². The Bertz CT molecular complexity index is 329. The van der Waals surface area contributed by atoms with E-state index in [2.05, 4.69) is 51.2 Å². The molecule has 0 aliphatic carbocycles. The number of hydrogen-bond donors (Lipinski definition) is 1. The Morgan fingerprint density at radius 3 is 2.33 bits per heavy atom. The fourth-order valence-electron chi connectivity index (χ4n) is 2.15. The molecule has 0 heterocycles. The van der Waals surface area contributed by atoms with Gasteiger partial charge in [0.05, 0.1) is 0 Å². The predicted octanol–water partition coefficient (Wildman–Crippen LogP) is 3.85. The molecule has 0 bridgehead atoms. The Morgan fingerprint density at radius 1 is 1.11 bits per heavy atom. The molecule has 1 N–H and O–H groups in total. The Labute approximate surface area is 112 Å². The molecular formula is C16H27NO. The number of benzene rings is 1. The molecule has 0 aromatic heterocycles. The number of aryl methyl sites for hydroxylation is 2. The van der Waals surface area contributed by atoms with Crippen LogP contribution in [0.5, 0.6) is 5.75 Å². The van der Waals surface area contributed by atoms with E-state index in [1.54, 1.807) is 0 Å². The summed E-state index contributed by atoms with van der Waals surface area (Å²) in [6.07, 6.45) is 3.53. The lowest BCUT2D eigenvalue weighted by atomic mass is 10.1. The molecule has 1 aromatic carbocycles. The van der Waals surface area contributed by atoms with Gasteiger partial charge in [-0.1, -0.05) is 38.5 Å². The molecule has 102 valence electrons. The maximum atomic E-state index is 6.02. The largest absolute Gasteiger partial charge is 0.491 e. The number of ether oxygens (including phenoxy) is 1. The molecule has 0 aliphatic rings. The van der Waals surface area contributed by atoms with E-state index in [4.69, 9.17) is 4.74 Å². The van der Waals surface area contributed by atoms with Crippen LogP contribution in [-0.2, 0) is 0 Å². The standard InChI is InChI=1S/C16H27NO/c1-5-8-15(17-11-6-2)12-18-16-13(3)9-7-10-14(16)4/h7,9-10,15,17H,5-6,8,11-12H2,1-4H3. The highest BCUT2D eigenvalue weighted by atomic mass is 16.5. The molecule has 0 amide bonds. The van der Waals surface area contributed by atoms with Gasteiger partial charge in [0.15, 0.2) is 0 Å². The van der Waals surface area contributed by atoms with Crippen LogP contribution in [0.3, 0.4) is 0 Å². The lowest BCUT2D eigenvalue weighted by Crippen LogP contribution is -2.35. The smallest absolute Gasteiger partial charge is 0.125 e. The Morgan fingerprint density at radius 2 is 1.78 bits per heavy atom. The highest BCUT2D eigenvalue weighted by Crippen LogP contribution is 2.22. The third-order valence-corrected chi connectivity index (χ3v) is 3.16. The molecule has 0 radical (unpaired) electrons. The van der Waals surface area contributed by atoms with Gasteiger partial charge in [0.1, 0.15) is 12.4 Å². The van der Waals surface area contributed by atoms with Crippen molar-refractivity contribution >= 4 is 0 Å². The molecule has 18 heavy (non-hydrogen) atoms. The summed E-state index contributed by atoms with van der Waals surface area (Å²) in [6.45, 7) is 10.5. The Balaban J connectivity index is 2.55. The second-order valence-electron chi connectivity index (χ2n) is 4.97. The predicted molar refractivity (Wildman–Crippen MR) is 78.4 cm³/mol. The minimum atomic E-state index is 0.467. The van der Waals surface area contributed by atoms with Crippen LogP contribution < -0.4 is 10.1 Å². The SMILES string of the molecule is CCCNC(CCC)COc1c(C)cccc1C. The van der Waals surface area contributed by atoms with Gasteiger partial charge >= 0.3 is 0 Å². The van der Waals surface area contributed by atoms with Crippen LogP contribution in [0, 0.1) is 13.8 Å². The lowest BCUT2D eigenvalue weighted by Gasteiger charge is -2.20. The van der Waals surface area contributed by atoms with E-state index in [1.807, 2.05) is 0 Å². The first-order valence-electron chi connectivity index (χ1n) is 7.11. The highest BCUT2D eigenvalue weighted by Gasteiger charge is 2.09. The van der Waals surface area contributed by atoms with Crippen LogP contribution in [0.4, 0.5) is 0 Å². The van der Waals surface area contributed by atoms with Crippen molar-refractivity contribution in [1.29, 1.82) is 0 Å². The summed E-state index contributed by atoms with van der Waals surface area (Å²) in [7, 11) is 0. The molecule has 0 saturated carbocycles. The third-order valence-electron chi connectivity index (χ3n) is 3.16. The maximum Gasteiger partial charge on any atom is 0.125 e. The molecule has 0 saturated heterocycles. The topological polar surface area (TPSA) is 21.3 Å². The molecule has 0 spiro atoms. The molecule has 0 fully saturated rings. The fraction of sp³-hybridized carbons (Fsp3) is 0.625. The van der Waals surface area contributed by atoms with E-state index >= 15 is 0 Å². The number of para-hydroxylation sites is 1. The minimum Gasteiger partial charge on any atom is -0.491 e. The van der Waals surface area contributed by atoms with Crippen molar-refractivity contribution in [3.05, 3.63) is 29.3 Å². The summed E-state index contributed by atoms with van der Waals surface area (Å²) in [5.74, 6) is 1.05. The van der Waals surface area contributed by atoms with Crippen molar-refractivity contribution in [2.24, 2.45) is 0 Å². The summed E-state index contributed by atoms with van der Waals surface area (Å²) >= 11 is 0. The van der Waals surface area contributed by atoms with Gasteiger partial charge < -0.3 is 10.1 Å². The Hall–Kier alpha value is -1.02. The molecular weight excluding hydrogens is 222 g/mol. The first kappa shape index (κ1) is 15.0. The quantitative estimate of drug-likeness (QED) is 0.755. The first-order chi connectivity index (χ1) is 8.69. The monoisotopic (exact) mass is 249 g/mol. The van der Waals surface area contributed by atoms with E-state index in [-0.39, 0.29) is 0 Å². The zero-order chi connectivity index (χ0) is 13.4. The van der Waals surface area contributed by atoms with Crippen molar-refractivity contribution < 1.29 is 4.74 Å². The number of rotatable bonds is 8. The van der Waals surface area contributed by atoms with E-state index in [0.717, 1.165) is 18.9 Å². The van der Waals surface area contributed by atoms with Gasteiger partial charge in [0.25, 0.3) is 0 Å². The minimum absolute atomic E-state index is 0.467. The molecule has 2 heteroatoms. The summed E-state index contributed by atoms with van der Waals surface area (Å²) in [6, 6.07) is 6.76. The average molecular weight is 249 g/mol. The number of hydrogen-bond acceptors (Lipinski definition) is 2. The van der Waals surface area contributed by atoms with Gasteiger partial charge in [-0.15, -0.1) is 0 Å². The van der Waals surface area contributed by atoms with Crippen LogP contribution in [0.1, 0.15) is 44.2 Å². The van der Waals surface area contributed by atoms with E-state index in [1.165, 1.54) is 30.4 Å². The van der Waals surface area contributed by atoms with Crippen molar-refractivity contribution in [3.63, 3.8) is 0 Å². The maximum absolute atomic E-state index is 6.02. The van der Waals surface area contributed by atoms with E-state index in [9.17, 15) is 0 Å². The van der Waals surface area contributed by atoms with Crippen LogP contribution >= 0.6 is 0 Å². The van der Waals surface area contributed by atoms with E-state index in [0.29, 0.717) is 6.04 Å². The average Bonchev–Trinajstić information content (AvgIpc) is 2.35. The van der Waals surface area contributed by atoms with Crippen molar-refractivity contribution in [1.82, 2.24) is 5.32 Å². The van der Waals surface area contributed by atoms with Crippen LogP contribution in [-0.4, -0.2) is 19.2 Å². The first-order valence-corrected chi connectivity index (χ1v) is 7.11. The third kappa shape index (κ3) is 4.69. The zero-order valence-electron chi connectivity index (χ0n) is 12.3. The van der Waals surface area contributed by atoms with Gasteiger partial charge in [-0.25, -0.2) is 0 Å². The molecule has 1 rings (SSSR count). The molecule has 1 aromatic rings. The van der Waals surface area contributed by atoms with Crippen LogP contribution in [0.25, 0.3) is 0 Å². The summed E-state index contributed by atoms with van der Waals surface area (Å²) < 4.78 is 6.02. The Kier molecular flexibility index (Phi) is 6.81. The summed E-state index contributed by atoms with van der Waals surface area (Å²) in [5, 5.41) is 3.55. The molecule has 2 nitrogen and oxygen atoms in total. The lowest BCUT2D eigenvalue weighted by molar-refractivity contribution is 0.253. The van der Waals surface area contributed by atoms with Gasteiger partial charge in [-0.3, -0.25) is 0 Å². The fourth-order valence-corrected chi connectivity index (χ4v) is 2.15. The van der Waals surface area contributed by atoms with Gasteiger partial charge in [-0.2, -0.15) is 0 Å². The van der Waals surface area contributed by atoms with Crippen LogP contribution in [0.2, 0.25) is 0 Å². The van der Waals surface area contributed by atoms with E-state index < -0.39 is 0 Å². The molecule has 0 aliphatic heterocycles. The van der Waals surface area contributed by atoms with Gasteiger partial charge in [-0.05, 0) is 44.4 Å². The molecule has 1 atom stereocenters.